The van der Waals surface area contributed by atoms with E-state index in [1.807, 2.05) is 42.6 Å². The third kappa shape index (κ3) is 3.21. The van der Waals surface area contributed by atoms with Crippen LogP contribution in [0.4, 0.5) is 11.5 Å². The molecule has 5 aromatic rings. The normalized spacial score (nSPS) is 11.8. The maximum atomic E-state index is 13.8. The SMILES string of the molecule is O=S(=O)(c1ccccc1)N(c1ccc2[nH]ccc2c1)c1ncnc2ccc(I)cc12. The molecular formula is C22H15IN4O2S. The lowest BCUT2D eigenvalue weighted by molar-refractivity contribution is 0.596. The lowest BCUT2D eigenvalue weighted by Crippen LogP contribution is -2.27. The Kier molecular flexibility index (Phi) is 4.67. The first kappa shape index (κ1) is 19.0. The van der Waals surface area contributed by atoms with Crippen LogP contribution in [0.5, 0.6) is 0 Å². The molecule has 8 heteroatoms. The monoisotopic (exact) mass is 526 g/mol. The number of H-pyrrole nitrogens is 1. The number of fused-ring (bicyclic) bond motifs is 2. The van der Waals surface area contributed by atoms with Crippen molar-refractivity contribution in [1.82, 2.24) is 15.0 Å². The summed E-state index contributed by atoms with van der Waals surface area (Å²) in [6.07, 6.45) is 3.22. The largest absolute Gasteiger partial charge is 0.361 e. The van der Waals surface area contributed by atoms with Gasteiger partial charge in [0.05, 0.1) is 16.1 Å². The Morgan fingerprint density at radius 1 is 0.900 bits per heavy atom. The number of sulfonamides is 1. The molecule has 0 aliphatic heterocycles. The summed E-state index contributed by atoms with van der Waals surface area (Å²) in [5, 5.41) is 1.58. The minimum Gasteiger partial charge on any atom is -0.361 e. The molecule has 6 nitrogen and oxygen atoms in total. The fourth-order valence-electron chi connectivity index (χ4n) is 3.42. The Hall–Kier alpha value is -2.98. The Morgan fingerprint density at radius 2 is 1.73 bits per heavy atom. The topological polar surface area (TPSA) is 79.0 Å². The van der Waals surface area contributed by atoms with E-state index >= 15 is 0 Å². The molecule has 2 heterocycles. The zero-order valence-electron chi connectivity index (χ0n) is 15.5. The molecule has 0 amide bonds. The van der Waals surface area contributed by atoms with Gasteiger partial charge >= 0.3 is 0 Å². The lowest BCUT2D eigenvalue weighted by atomic mass is 10.2. The Labute approximate surface area is 186 Å². The molecule has 0 atom stereocenters. The molecule has 0 saturated carbocycles. The molecule has 0 aliphatic carbocycles. The van der Waals surface area contributed by atoms with Crippen LogP contribution in [0.25, 0.3) is 21.8 Å². The molecule has 0 spiro atoms. The first-order valence-corrected chi connectivity index (χ1v) is 11.6. The van der Waals surface area contributed by atoms with Gasteiger partial charge in [0, 0.05) is 26.1 Å². The van der Waals surface area contributed by atoms with E-state index in [0.717, 1.165) is 14.5 Å². The van der Waals surface area contributed by atoms with E-state index in [-0.39, 0.29) is 4.90 Å². The molecular weight excluding hydrogens is 511 g/mol. The van der Waals surface area contributed by atoms with Gasteiger partial charge < -0.3 is 4.98 Å². The van der Waals surface area contributed by atoms with E-state index in [1.165, 1.54) is 10.6 Å². The minimum absolute atomic E-state index is 0.191. The maximum absolute atomic E-state index is 13.8. The second kappa shape index (κ2) is 7.37. The van der Waals surface area contributed by atoms with Gasteiger partial charge in [0.25, 0.3) is 10.0 Å². The fraction of sp³-hybridized carbons (Fsp3) is 0. The molecule has 0 unspecified atom stereocenters. The van der Waals surface area contributed by atoms with E-state index in [2.05, 4.69) is 37.5 Å². The van der Waals surface area contributed by atoms with Crippen LogP contribution in [-0.4, -0.2) is 23.4 Å². The van der Waals surface area contributed by atoms with Gasteiger partial charge in [-0.2, -0.15) is 0 Å². The van der Waals surface area contributed by atoms with Crippen molar-refractivity contribution in [2.45, 2.75) is 4.90 Å². The number of anilines is 2. The number of hydrogen-bond acceptors (Lipinski definition) is 4. The number of nitrogens with one attached hydrogen (secondary N) is 1. The highest BCUT2D eigenvalue weighted by Crippen LogP contribution is 2.36. The standard InChI is InChI=1S/C22H15IN4O2S/c23-16-6-8-21-19(13-16)22(26-14-25-21)27(30(28,29)18-4-2-1-3-5-18)17-7-9-20-15(12-17)10-11-24-20/h1-14,24H. The quantitative estimate of drug-likeness (QED) is 0.325. The molecule has 5 rings (SSSR count). The molecule has 148 valence electrons. The van der Waals surface area contributed by atoms with Crippen molar-refractivity contribution >= 4 is 65.9 Å². The average molecular weight is 526 g/mol. The summed E-state index contributed by atoms with van der Waals surface area (Å²) in [5.74, 6) is 0.317. The molecule has 0 aliphatic rings. The van der Waals surface area contributed by atoms with E-state index in [9.17, 15) is 8.42 Å². The van der Waals surface area contributed by atoms with Gasteiger partial charge in [-0.25, -0.2) is 22.7 Å². The number of rotatable bonds is 4. The van der Waals surface area contributed by atoms with Crippen LogP contribution in [-0.2, 0) is 10.0 Å². The van der Waals surface area contributed by atoms with Crippen molar-refractivity contribution in [3.8, 4) is 0 Å². The number of aromatic nitrogens is 3. The van der Waals surface area contributed by atoms with Crippen molar-refractivity contribution < 1.29 is 8.42 Å². The van der Waals surface area contributed by atoms with Gasteiger partial charge in [-0.1, -0.05) is 18.2 Å². The number of hydrogen-bond donors (Lipinski definition) is 1. The number of nitrogens with zero attached hydrogens (tertiary/aromatic N) is 3. The lowest BCUT2D eigenvalue weighted by Gasteiger charge is -2.24. The zero-order valence-corrected chi connectivity index (χ0v) is 18.5. The first-order chi connectivity index (χ1) is 14.5. The third-order valence-corrected chi connectivity index (χ3v) is 7.22. The molecule has 3 aromatic carbocycles. The van der Waals surface area contributed by atoms with Crippen LogP contribution < -0.4 is 4.31 Å². The number of halogens is 1. The third-order valence-electron chi connectivity index (χ3n) is 4.82. The van der Waals surface area contributed by atoms with Crippen LogP contribution >= 0.6 is 22.6 Å². The van der Waals surface area contributed by atoms with Gasteiger partial charge in [-0.3, -0.25) is 0 Å². The maximum Gasteiger partial charge on any atom is 0.269 e. The van der Waals surface area contributed by atoms with Crippen LogP contribution in [0.1, 0.15) is 0 Å². The van der Waals surface area contributed by atoms with Gasteiger partial charge in [0.2, 0.25) is 0 Å². The van der Waals surface area contributed by atoms with E-state index in [0.29, 0.717) is 22.4 Å². The Bertz CT molecular complexity index is 1480. The minimum atomic E-state index is -3.93. The second-order valence-electron chi connectivity index (χ2n) is 6.69. The summed E-state index contributed by atoms with van der Waals surface area (Å²) in [7, 11) is -3.93. The highest BCUT2D eigenvalue weighted by atomic mass is 127. The highest BCUT2D eigenvalue weighted by molar-refractivity contribution is 14.1. The summed E-state index contributed by atoms with van der Waals surface area (Å²) in [6, 6.07) is 21.5. The second-order valence-corrected chi connectivity index (χ2v) is 9.72. The smallest absolute Gasteiger partial charge is 0.269 e. The van der Waals surface area contributed by atoms with Crippen LogP contribution in [0.2, 0.25) is 0 Å². The Balaban J connectivity index is 1.83. The molecule has 0 saturated heterocycles. The van der Waals surface area contributed by atoms with E-state index in [4.69, 9.17) is 0 Å². The van der Waals surface area contributed by atoms with E-state index < -0.39 is 10.0 Å². The van der Waals surface area contributed by atoms with Gasteiger partial charge in [-0.05, 0) is 77.2 Å². The van der Waals surface area contributed by atoms with Crippen LogP contribution in [0.15, 0.2) is 90.2 Å². The fourth-order valence-corrected chi connectivity index (χ4v) is 5.38. The molecule has 0 radical (unpaired) electrons. The van der Waals surface area contributed by atoms with Gasteiger partial charge in [0.1, 0.15) is 6.33 Å². The van der Waals surface area contributed by atoms with Crippen molar-refractivity contribution in [1.29, 1.82) is 0 Å². The van der Waals surface area contributed by atoms with Gasteiger partial charge in [-0.15, -0.1) is 0 Å². The zero-order chi connectivity index (χ0) is 20.7. The number of benzene rings is 3. The molecule has 2 aromatic heterocycles. The number of aromatic amines is 1. The van der Waals surface area contributed by atoms with Crippen molar-refractivity contribution in [3.05, 3.63) is 88.9 Å². The summed E-state index contributed by atoms with van der Waals surface area (Å²) >= 11 is 2.20. The molecule has 30 heavy (non-hydrogen) atoms. The highest BCUT2D eigenvalue weighted by Gasteiger charge is 2.29. The van der Waals surface area contributed by atoms with Crippen molar-refractivity contribution in [2.24, 2.45) is 0 Å². The summed E-state index contributed by atoms with van der Waals surface area (Å²) in [5.41, 5.74) is 2.11. The first-order valence-electron chi connectivity index (χ1n) is 9.12. The van der Waals surface area contributed by atoms with Crippen molar-refractivity contribution in [2.75, 3.05) is 4.31 Å². The molecule has 0 fully saturated rings. The summed E-state index contributed by atoms with van der Waals surface area (Å²) < 4.78 is 29.9. The van der Waals surface area contributed by atoms with Gasteiger partial charge in [0.15, 0.2) is 5.82 Å². The predicted octanol–water partition coefficient (Wildman–Crippen LogP) is 5.24. The summed E-state index contributed by atoms with van der Waals surface area (Å²) in [4.78, 5) is 12.1. The van der Waals surface area contributed by atoms with Crippen LogP contribution in [0.3, 0.4) is 0 Å². The van der Waals surface area contributed by atoms with E-state index in [1.54, 1.807) is 36.4 Å². The predicted molar refractivity (Wildman–Crippen MR) is 126 cm³/mol. The average Bonchev–Trinajstić information content (AvgIpc) is 3.23. The Morgan fingerprint density at radius 3 is 2.57 bits per heavy atom. The summed E-state index contributed by atoms with van der Waals surface area (Å²) in [6.45, 7) is 0. The molecule has 1 N–H and O–H groups in total. The van der Waals surface area contributed by atoms with Crippen molar-refractivity contribution in [3.63, 3.8) is 0 Å². The van der Waals surface area contributed by atoms with Crippen LogP contribution in [0, 0.1) is 3.57 Å². The molecule has 0 bridgehead atoms.